The summed E-state index contributed by atoms with van der Waals surface area (Å²) in [6.07, 6.45) is -0.997. The number of hydrogen-bond donors (Lipinski definition) is 2. The van der Waals surface area contributed by atoms with E-state index in [0.717, 1.165) is 0 Å². The van der Waals surface area contributed by atoms with Crippen molar-refractivity contribution >= 4 is 17.7 Å². The van der Waals surface area contributed by atoms with E-state index >= 15 is 0 Å². The molecule has 0 unspecified atom stereocenters. The minimum atomic E-state index is -1.28. The number of hydrogen-bond acceptors (Lipinski definition) is 6. The molecule has 0 aliphatic rings. The lowest BCUT2D eigenvalue weighted by atomic mass is 10.2. The summed E-state index contributed by atoms with van der Waals surface area (Å²) in [7, 11) is 0. The number of carbonyl (C=O) groups excluding carboxylic acids is 1. The van der Waals surface area contributed by atoms with E-state index in [4.69, 9.17) is 14.6 Å². The summed E-state index contributed by atoms with van der Waals surface area (Å²) >= 11 is 0. The molecule has 9 heteroatoms. The molecule has 0 radical (unpaired) electrons. The van der Waals surface area contributed by atoms with Crippen LogP contribution in [0.4, 0.5) is 10.5 Å². The third-order valence-corrected chi connectivity index (χ3v) is 2.53. The standard InChI is InChI=1S/C14H18N2O7/c1-14(2,3)22-8-11(12(17)18)15-13(19)23-10-6-4-9(5-7-10)16(20)21/h4-7,11H,8H2,1-3H3,(H,15,19)(H,17,18)/t11-/m0/s1. The molecule has 0 fully saturated rings. The topological polar surface area (TPSA) is 128 Å². The number of carboxylic acid groups (broad SMARTS) is 1. The molecule has 0 heterocycles. The van der Waals surface area contributed by atoms with Gasteiger partial charge in [0.05, 0.1) is 17.1 Å². The average Bonchev–Trinajstić information content (AvgIpc) is 2.42. The number of carbonyl (C=O) groups is 2. The molecule has 0 spiro atoms. The monoisotopic (exact) mass is 326 g/mol. The number of nitrogens with zero attached hydrogens (tertiary/aromatic N) is 1. The second-order valence-corrected chi connectivity index (χ2v) is 5.60. The van der Waals surface area contributed by atoms with E-state index < -0.39 is 28.6 Å². The zero-order chi connectivity index (χ0) is 17.6. The maximum absolute atomic E-state index is 11.7. The molecule has 0 aliphatic carbocycles. The molecule has 0 aliphatic heterocycles. The quantitative estimate of drug-likeness (QED) is 0.604. The maximum atomic E-state index is 11.7. The van der Waals surface area contributed by atoms with Crippen LogP contribution in [0.1, 0.15) is 20.8 Å². The van der Waals surface area contributed by atoms with Gasteiger partial charge in [-0.3, -0.25) is 10.1 Å². The first kappa shape index (κ1) is 18.4. The first-order valence-corrected chi connectivity index (χ1v) is 6.68. The van der Waals surface area contributed by atoms with Crippen molar-refractivity contribution in [2.75, 3.05) is 6.61 Å². The van der Waals surface area contributed by atoms with E-state index in [9.17, 15) is 19.7 Å². The van der Waals surface area contributed by atoms with Crippen LogP contribution in [0, 0.1) is 10.1 Å². The van der Waals surface area contributed by atoms with Crippen molar-refractivity contribution in [3.8, 4) is 5.75 Å². The van der Waals surface area contributed by atoms with Gasteiger partial charge in [0.25, 0.3) is 5.69 Å². The number of nitro groups is 1. The Hall–Kier alpha value is -2.68. The molecule has 1 rings (SSSR count). The highest BCUT2D eigenvalue weighted by molar-refractivity contribution is 5.80. The minimum Gasteiger partial charge on any atom is -0.480 e. The lowest BCUT2D eigenvalue weighted by Crippen LogP contribution is -2.46. The maximum Gasteiger partial charge on any atom is 0.413 e. The van der Waals surface area contributed by atoms with Gasteiger partial charge in [0.1, 0.15) is 5.75 Å². The smallest absolute Gasteiger partial charge is 0.413 e. The average molecular weight is 326 g/mol. The minimum absolute atomic E-state index is 0.0500. The number of aliphatic carboxylic acids is 1. The van der Waals surface area contributed by atoms with Crippen molar-refractivity contribution in [2.45, 2.75) is 32.4 Å². The molecule has 9 nitrogen and oxygen atoms in total. The molecular formula is C14H18N2O7. The van der Waals surface area contributed by atoms with Crippen LogP contribution >= 0.6 is 0 Å². The Bertz CT molecular complexity index is 578. The number of carboxylic acids is 1. The molecule has 0 aromatic heterocycles. The normalized spacial score (nSPS) is 12.3. The van der Waals surface area contributed by atoms with Gasteiger partial charge in [-0.1, -0.05) is 0 Å². The molecule has 126 valence electrons. The lowest BCUT2D eigenvalue weighted by molar-refractivity contribution is -0.384. The van der Waals surface area contributed by atoms with Crippen LogP contribution < -0.4 is 10.1 Å². The highest BCUT2D eigenvalue weighted by Crippen LogP contribution is 2.17. The Kier molecular flexibility index (Phi) is 6.02. The van der Waals surface area contributed by atoms with Crippen LogP contribution in [0.3, 0.4) is 0 Å². The van der Waals surface area contributed by atoms with E-state index in [1.807, 2.05) is 0 Å². The second-order valence-electron chi connectivity index (χ2n) is 5.60. The number of non-ortho nitro benzene ring substituents is 1. The van der Waals surface area contributed by atoms with Crippen molar-refractivity contribution < 1.29 is 29.1 Å². The molecule has 2 N–H and O–H groups in total. The summed E-state index contributed by atoms with van der Waals surface area (Å²) in [6, 6.07) is 3.53. The highest BCUT2D eigenvalue weighted by atomic mass is 16.6. The van der Waals surface area contributed by atoms with E-state index in [0.29, 0.717) is 0 Å². The predicted octanol–water partition coefficient (Wildman–Crippen LogP) is 1.95. The molecule has 1 aromatic carbocycles. The van der Waals surface area contributed by atoms with E-state index in [2.05, 4.69) is 5.32 Å². The molecule has 0 bridgehead atoms. The first-order valence-electron chi connectivity index (χ1n) is 6.68. The fraction of sp³-hybridized carbons (Fsp3) is 0.429. The summed E-state index contributed by atoms with van der Waals surface area (Å²) in [5.41, 5.74) is -0.711. The third-order valence-electron chi connectivity index (χ3n) is 2.53. The lowest BCUT2D eigenvalue weighted by Gasteiger charge is -2.22. The summed E-state index contributed by atoms with van der Waals surface area (Å²) < 4.78 is 10.2. The van der Waals surface area contributed by atoms with Crippen molar-refractivity contribution in [1.29, 1.82) is 0 Å². The number of nitrogens with one attached hydrogen (secondary N) is 1. The van der Waals surface area contributed by atoms with Gasteiger partial charge in [0.2, 0.25) is 0 Å². The van der Waals surface area contributed by atoms with Crippen LogP contribution in [0.15, 0.2) is 24.3 Å². The zero-order valence-corrected chi connectivity index (χ0v) is 12.9. The first-order chi connectivity index (χ1) is 10.6. The summed E-state index contributed by atoms with van der Waals surface area (Å²) in [5, 5.41) is 21.7. The number of benzene rings is 1. The fourth-order valence-corrected chi connectivity index (χ4v) is 1.42. The van der Waals surface area contributed by atoms with Crippen LogP contribution in [0.2, 0.25) is 0 Å². The van der Waals surface area contributed by atoms with E-state index in [1.165, 1.54) is 24.3 Å². The molecule has 23 heavy (non-hydrogen) atoms. The van der Waals surface area contributed by atoms with Crippen LogP contribution in [0.5, 0.6) is 5.75 Å². The van der Waals surface area contributed by atoms with Gasteiger partial charge in [-0.25, -0.2) is 9.59 Å². The van der Waals surface area contributed by atoms with Gasteiger partial charge < -0.3 is 19.9 Å². The molecule has 0 saturated heterocycles. The van der Waals surface area contributed by atoms with Gasteiger partial charge >= 0.3 is 12.1 Å². The fourth-order valence-electron chi connectivity index (χ4n) is 1.42. The van der Waals surface area contributed by atoms with Crippen LogP contribution in [0.25, 0.3) is 0 Å². The second kappa shape index (κ2) is 7.54. The van der Waals surface area contributed by atoms with Gasteiger partial charge in [0, 0.05) is 12.1 Å². The van der Waals surface area contributed by atoms with Gasteiger partial charge in [-0.2, -0.15) is 0 Å². The molecular weight excluding hydrogens is 308 g/mol. The van der Waals surface area contributed by atoms with Gasteiger partial charge in [0.15, 0.2) is 6.04 Å². The molecule has 1 aromatic rings. The number of ether oxygens (including phenoxy) is 2. The Morgan fingerprint density at radius 2 is 1.87 bits per heavy atom. The third kappa shape index (κ3) is 6.74. The molecule has 1 atom stereocenters. The van der Waals surface area contributed by atoms with Crippen molar-refractivity contribution in [1.82, 2.24) is 5.32 Å². The molecule has 0 saturated carbocycles. The van der Waals surface area contributed by atoms with Gasteiger partial charge in [-0.05, 0) is 32.9 Å². The summed E-state index contributed by atoms with van der Waals surface area (Å²) in [6.45, 7) is 5.03. The van der Waals surface area contributed by atoms with Crippen LogP contribution in [-0.2, 0) is 9.53 Å². The highest BCUT2D eigenvalue weighted by Gasteiger charge is 2.24. The van der Waals surface area contributed by atoms with Crippen LogP contribution in [-0.4, -0.2) is 40.3 Å². The largest absolute Gasteiger partial charge is 0.480 e. The van der Waals surface area contributed by atoms with Crippen molar-refractivity contribution in [2.24, 2.45) is 0 Å². The SMILES string of the molecule is CC(C)(C)OC[C@H](NC(=O)Oc1ccc([N+](=O)[O-])cc1)C(=O)O. The van der Waals surface area contributed by atoms with Crippen molar-refractivity contribution in [3.63, 3.8) is 0 Å². The summed E-state index contributed by atoms with van der Waals surface area (Å²) in [4.78, 5) is 32.7. The predicted molar refractivity (Wildman–Crippen MR) is 79.4 cm³/mol. The van der Waals surface area contributed by atoms with Crippen molar-refractivity contribution in [3.05, 3.63) is 34.4 Å². The Labute approximate surface area is 132 Å². The number of amides is 1. The van der Waals surface area contributed by atoms with E-state index in [-0.39, 0.29) is 18.0 Å². The molecule has 1 amide bonds. The van der Waals surface area contributed by atoms with E-state index in [1.54, 1.807) is 20.8 Å². The Balaban J connectivity index is 2.61. The Morgan fingerprint density at radius 1 is 1.30 bits per heavy atom. The number of nitro benzene ring substituents is 1. The zero-order valence-electron chi connectivity index (χ0n) is 12.9. The van der Waals surface area contributed by atoms with Gasteiger partial charge in [-0.15, -0.1) is 0 Å². The summed E-state index contributed by atoms with van der Waals surface area (Å²) in [5.74, 6) is -1.22. The Morgan fingerprint density at radius 3 is 2.30 bits per heavy atom. The number of rotatable bonds is 6.